The van der Waals surface area contributed by atoms with E-state index >= 15 is 0 Å². The normalized spacial score (nSPS) is 13.8. The van der Waals surface area contributed by atoms with Crippen LogP contribution in [-0.4, -0.2) is 55.4 Å². The lowest BCUT2D eigenvalue weighted by Crippen LogP contribution is -2.28. The minimum Gasteiger partial charge on any atom is -0.496 e. The highest BCUT2D eigenvalue weighted by atomic mass is 16.5. The summed E-state index contributed by atoms with van der Waals surface area (Å²) in [5.41, 5.74) is 3.92. The molecule has 39 heavy (non-hydrogen) atoms. The molecule has 0 amide bonds. The number of carbonyl (C=O) groups is 1. The number of aryl methyl sites for hydroxylation is 1. The number of nitrogens with zero attached hydrogens (tertiary/aromatic N) is 2. The number of Topliss-reactive ketones (excluding diaryl/α,β-unsaturated/α-hetero) is 1. The fraction of sp³-hybridized carbons (Fsp3) is 0.571. The maximum atomic E-state index is 11.7. The Morgan fingerprint density at radius 3 is 2.38 bits per heavy atom. The Morgan fingerprint density at radius 2 is 1.82 bits per heavy atom. The van der Waals surface area contributed by atoms with Gasteiger partial charge >= 0.3 is 0 Å². The van der Waals surface area contributed by atoms with E-state index in [1.54, 1.807) is 7.11 Å². The van der Waals surface area contributed by atoms with E-state index in [-0.39, 0.29) is 0 Å². The standard InChI is InChI=1S/C25H44N2O.C8H10O.C2H4/c1-6-9-10-14-23-20-27(21-24(23)15-16-25(28)7-2)19-12-18-26(8-3)17-11-13-22(4)5;1-7-5-3-4-6-8(7)9-2;1-2/h9-10,14,21-22H,6-8,11-13,15-20H2,1-5H3;3-6H,1-2H3;1-2H2/b10-9-,23-14+;;. The maximum absolute atomic E-state index is 11.7. The molecule has 0 radical (unpaired) electrons. The third kappa shape index (κ3) is 16.9. The van der Waals surface area contributed by atoms with Crippen molar-refractivity contribution < 1.29 is 9.53 Å². The van der Waals surface area contributed by atoms with Crippen LogP contribution in [0.2, 0.25) is 0 Å². The number of benzene rings is 1. The number of hydrogen-bond acceptors (Lipinski definition) is 4. The number of ketones is 1. The van der Waals surface area contributed by atoms with Gasteiger partial charge in [-0.25, -0.2) is 0 Å². The quantitative estimate of drug-likeness (QED) is 0.197. The minimum atomic E-state index is 0.364. The second-order valence-corrected chi connectivity index (χ2v) is 10.3. The second-order valence-electron chi connectivity index (χ2n) is 10.3. The lowest BCUT2D eigenvalue weighted by molar-refractivity contribution is -0.118. The summed E-state index contributed by atoms with van der Waals surface area (Å²) in [6.07, 6.45) is 16.0. The number of carbonyl (C=O) groups excluding carboxylic acids is 1. The van der Waals surface area contributed by atoms with Gasteiger partial charge in [0.25, 0.3) is 0 Å². The van der Waals surface area contributed by atoms with Gasteiger partial charge in [-0.2, -0.15) is 0 Å². The Morgan fingerprint density at radius 1 is 1.13 bits per heavy atom. The van der Waals surface area contributed by atoms with Crippen LogP contribution in [0.4, 0.5) is 0 Å². The van der Waals surface area contributed by atoms with Crippen molar-refractivity contribution in [3.63, 3.8) is 0 Å². The summed E-state index contributed by atoms with van der Waals surface area (Å²) in [6, 6.07) is 7.94. The monoisotopic (exact) mass is 538 g/mol. The van der Waals surface area contributed by atoms with Gasteiger partial charge in [-0.15, -0.1) is 13.2 Å². The molecular formula is C35H58N2O2. The van der Waals surface area contributed by atoms with Crippen LogP contribution in [0, 0.1) is 12.8 Å². The van der Waals surface area contributed by atoms with Crippen LogP contribution in [0.5, 0.6) is 5.75 Å². The molecule has 2 rings (SSSR count). The summed E-state index contributed by atoms with van der Waals surface area (Å²) in [5.74, 6) is 2.12. The molecule has 0 unspecified atom stereocenters. The molecule has 0 saturated carbocycles. The first kappa shape index (κ1) is 36.4. The highest BCUT2D eigenvalue weighted by molar-refractivity contribution is 5.78. The molecule has 1 aliphatic heterocycles. The Hall–Kier alpha value is -2.59. The first-order chi connectivity index (χ1) is 18.8. The van der Waals surface area contributed by atoms with Crippen molar-refractivity contribution in [2.24, 2.45) is 5.92 Å². The van der Waals surface area contributed by atoms with Crippen molar-refractivity contribution in [2.75, 3.05) is 39.8 Å². The second kappa shape index (κ2) is 23.3. The van der Waals surface area contributed by atoms with E-state index in [4.69, 9.17) is 4.74 Å². The van der Waals surface area contributed by atoms with E-state index in [2.05, 4.69) is 75.1 Å². The zero-order chi connectivity index (χ0) is 29.5. The van der Waals surface area contributed by atoms with Crippen molar-refractivity contribution in [1.82, 2.24) is 9.80 Å². The summed E-state index contributed by atoms with van der Waals surface area (Å²) in [4.78, 5) is 16.8. The molecule has 0 aromatic heterocycles. The molecule has 0 bridgehead atoms. The molecule has 4 heteroatoms. The molecular weight excluding hydrogens is 480 g/mol. The molecule has 1 aromatic carbocycles. The number of hydrogen-bond donors (Lipinski definition) is 0. The van der Waals surface area contributed by atoms with E-state index < -0.39 is 0 Å². The molecule has 1 heterocycles. The molecule has 1 aliphatic rings. The van der Waals surface area contributed by atoms with Crippen molar-refractivity contribution in [1.29, 1.82) is 0 Å². The summed E-state index contributed by atoms with van der Waals surface area (Å²) < 4.78 is 5.04. The first-order valence-electron chi connectivity index (χ1n) is 15.0. The van der Waals surface area contributed by atoms with Crippen molar-refractivity contribution in [3.8, 4) is 5.75 Å². The predicted octanol–water partition coefficient (Wildman–Crippen LogP) is 8.79. The SMILES string of the molecule is C=C.CC/C=C\C=C1/CN(CCCN(CC)CCCC(C)C)C=C1CCC(=O)CC.COc1ccccc1C. The van der Waals surface area contributed by atoms with E-state index in [1.165, 1.54) is 49.1 Å². The van der Waals surface area contributed by atoms with Crippen LogP contribution < -0.4 is 4.74 Å². The summed E-state index contributed by atoms with van der Waals surface area (Å²) in [7, 11) is 1.68. The van der Waals surface area contributed by atoms with Crippen LogP contribution in [0.25, 0.3) is 0 Å². The van der Waals surface area contributed by atoms with Gasteiger partial charge in [0.05, 0.1) is 7.11 Å². The first-order valence-corrected chi connectivity index (χ1v) is 15.0. The summed E-state index contributed by atoms with van der Waals surface area (Å²) in [6.45, 7) is 24.7. The number of methoxy groups -OCH3 is 1. The number of rotatable bonds is 16. The van der Waals surface area contributed by atoms with Crippen LogP contribution >= 0.6 is 0 Å². The lowest BCUT2D eigenvalue weighted by Gasteiger charge is -2.22. The van der Waals surface area contributed by atoms with Crippen LogP contribution in [-0.2, 0) is 4.79 Å². The van der Waals surface area contributed by atoms with E-state index in [9.17, 15) is 4.79 Å². The Bertz CT molecular complexity index is 869. The maximum Gasteiger partial charge on any atom is 0.132 e. The number of ether oxygens (including phenoxy) is 1. The molecule has 0 fully saturated rings. The van der Waals surface area contributed by atoms with Crippen LogP contribution in [0.15, 0.2) is 73.0 Å². The van der Waals surface area contributed by atoms with Gasteiger partial charge in [0.15, 0.2) is 0 Å². The topological polar surface area (TPSA) is 32.8 Å². The minimum absolute atomic E-state index is 0.364. The molecule has 220 valence electrons. The van der Waals surface area contributed by atoms with Gasteiger partial charge in [-0.1, -0.05) is 71.0 Å². The van der Waals surface area contributed by atoms with Crippen LogP contribution in [0.3, 0.4) is 0 Å². The smallest absolute Gasteiger partial charge is 0.132 e. The largest absolute Gasteiger partial charge is 0.496 e. The molecule has 1 aromatic rings. The average molecular weight is 539 g/mol. The van der Waals surface area contributed by atoms with E-state index in [0.29, 0.717) is 18.6 Å². The van der Waals surface area contributed by atoms with Gasteiger partial charge in [-0.3, -0.25) is 4.79 Å². The van der Waals surface area contributed by atoms with Gasteiger partial charge < -0.3 is 14.5 Å². The van der Waals surface area contributed by atoms with Crippen molar-refractivity contribution in [3.05, 3.63) is 78.6 Å². The summed E-state index contributed by atoms with van der Waals surface area (Å²) in [5, 5.41) is 0. The third-order valence-electron chi connectivity index (χ3n) is 6.80. The van der Waals surface area contributed by atoms with Crippen LogP contribution in [0.1, 0.15) is 85.1 Å². The molecule has 0 aliphatic carbocycles. The highest BCUT2D eigenvalue weighted by Gasteiger charge is 2.18. The lowest BCUT2D eigenvalue weighted by atomic mass is 10.0. The summed E-state index contributed by atoms with van der Waals surface area (Å²) >= 11 is 0. The highest BCUT2D eigenvalue weighted by Crippen LogP contribution is 2.26. The molecule has 0 atom stereocenters. The Kier molecular flexibility index (Phi) is 21.8. The predicted molar refractivity (Wildman–Crippen MR) is 171 cm³/mol. The molecule has 4 nitrogen and oxygen atoms in total. The van der Waals surface area contributed by atoms with Crippen molar-refractivity contribution >= 4 is 5.78 Å². The fourth-order valence-corrected chi connectivity index (χ4v) is 4.40. The van der Waals surface area contributed by atoms with E-state index in [0.717, 1.165) is 44.1 Å². The van der Waals surface area contributed by atoms with Crippen molar-refractivity contribution in [2.45, 2.75) is 86.5 Å². The number of allylic oxidation sites excluding steroid dienone is 3. The third-order valence-corrected chi connectivity index (χ3v) is 6.80. The zero-order valence-corrected chi connectivity index (χ0v) is 26.3. The zero-order valence-electron chi connectivity index (χ0n) is 26.3. The molecule has 0 N–H and O–H groups in total. The Labute approximate surface area is 241 Å². The van der Waals surface area contributed by atoms with E-state index in [1.807, 2.05) is 38.1 Å². The number of para-hydroxylation sites is 1. The van der Waals surface area contributed by atoms with Gasteiger partial charge in [-0.05, 0) is 87.4 Å². The average Bonchev–Trinajstić information content (AvgIpc) is 3.34. The van der Waals surface area contributed by atoms with Gasteiger partial charge in [0, 0.05) is 32.1 Å². The van der Waals surface area contributed by atoms with Gasteiger partial charge in [0.1, 0.15) is 11.5 Å². The van der Waals surface area contributed by atoms with Gasteiger partial charge in [0.2, 0.25) is 0 Å². The fourth-order valence-electron chi connectivity index (χ4n) is 4.40. The Balaban J connectivity index is 0.00000109. The molecule has 0 spiro atoms. The molecule has 0 saturated heterocycles.